The molecule has 2 heterocycles. The van der Waals surface area contributed by atoms with Crippen LogP contribution >= 0.6 is 24.0 Å². The molecule has 1 unspecified atom stereocenters. The number of nitrogens with zero attached hydrogens (tertiary/aromatic N) is 2. The van der Waals surface area contributed by atoms with Gasteiger partial charge in [0, 0.05) is 44.6 Å². The monoisotopic (exact) mass is 491 g/mol. The van der Waals surface area contributed by atoms with Crippen LogP contribution in [0.15, 0.2) is 65.7 Å². The van der Waals surface area contributed by atoms with Gasteiger partial charge in [-0.15, -0.1) is 24.0 Å². The van der Waals surface area contributed by atoms with Crippen LogP contribution in [0.4, 0.5) is 0 Å². The van der Waals surface area contributed by atoms with Crippen LogP contribution in [0.25, 0.3) is 0 Å². The number of guanidine groups is 1. The van der Waals surface area contributed by atoms with E-state index >= 15 is 0 Å². The molecule has 2 aromatic carbocycles. The number of aliphatic imine (C=N–C) groups is 1. The summed E-state index contributed by atoms with van der Waals surface area (Å²) in [5, 5.41) is 3.65. The van der Waals surface area contributed by atoms with Gasteiger partial charge >= 0.3 is 0 Å². The molecular formula is C23H30IN3O. The first-order chi connectivity index (χ1) is 13.3. The Morgan fingerprint density at radius 2 is 1.71 bits per heavy atom. The van der Waals surface area contributed by atoms with Crippen molar-refractivity contribution in [2.75, 3.05) is 39.9 Å². The van der Waals surface area contributed by atoms with Crippen LogP contribution in [0.2, 0.25) is 0 Å². The zero-order valence-electron chi connectivity index (χ0n) is 16.5. The van der Waals surface area contributed by atoms with Gasteiger partial charge < -0.3 is 15.0 Å². The lowest BCUT2D eigenvalue weighted by atomic mass is 9.87. The van der Waals surface area contributed by atoms with Crippen molar-refractivity contribution in [2.45, 2.75) is 18.8 Å². The van der Waals surface area contributed by atoms with Crippen molar-refractivity contribution in [3.63, 3.8) is 0 Å². The van der Waals surface area contributed by atoms with Gasteiger partial charge in [-0.1, -0.05) is 60.7 Å². The molecular weight excluding hydrogens is 461 g/mol. The van der Waals surface area contributed by atoms with Crippen LogP contribution in [-0.2, 0) is 4.74 Å². The Balaban J connectivity index is 0.00000225. The van der Waals surface area contributed by atoms with Crippen LogP contribution in [0.1, 0.15) is 29.9 Å². The third-order valence-electron chi connectivity index (χ3n) is 6.00. The Morgan fingerprint density at radius 1 is 1.07 bits per heavy atom. The van der Waals surface area contributed by atoms with Gasteiger partial charge in [-0.25, -0.2) is 0 Å². The molecule has 0 saturated carbocycles. The molecule has 1 N–H and O–H groups in total. The maximum atomic E-state index is 5.67. The van der Waals surface area contributed by atoms with Gasteiger partial charge in [-0.3, -0.25) is 4.99 Å². The number of benzene rings is 2. The second-order valence-corrected chi connectivity index (χ2v) is 7.78. The van der Waals surface area contributed by atoms with Gasteiger partial charge in [0.2, 0.25) is 0 Å². The molecule has 1 spiro atoms. The smallest absolute Gasteiger partial charge is 0.193 e. The second kappa shape index (κ2) is 9.74. The van der Waals surface area contributed by atoms with Gasteiger partial charge in [0.15, 0.2) is 5.96 Å². The molecule has 2 saturated heterocycles. The molecule has 0 bridgehead atoms. The summed E-state index contributed by atoms with van der Waals surface area (Å²) in [4.78, 5) is 6.98. The molecule has 0 amide bonds. The van der Waals surface area contributed by atoms with Crippen LogP contribution in [0, 0.1) is 5.41 Å². The van der Waals surface area contributed by atoms with Crippen LogP contribution in [0.3, 0.4) is 0 Å². The second-order valence-electron chi connectivity index (χ2n) is 7.78. The Labute approximate surface area is 185 Å². The summed E-state index contributed by atoms with van der Waals surface area (Å²) in [5.41, 5.74) is 3.00. The standard InChI is InChI=1S/C23H29N3O.HI/c1-24-22(26-14-12-23(17-26)13-15-27-18-23)25-16-21(19-8-4-2-5-9-19)20-10-6-3-7-11-20;/h2-11,21H,12-18H2,1H3,(H,24,25);1H. The van der Waals surface area contributed by atoms with Crippen molar-refractivity contribution in [3.05, 3.63) is 71.8 Å². The van der Waals surface area contributed by atoms with E-state index in [0.717, 1.165) is 38.8 Å². The molecule has 5 heteroatoms. The van der Waals surface area contributed by atoms with Gasteiger partial charge in [0.05, 0.1) is 6.61 Å². The summed E-state index contributed by atoms with van der Waals surface area (Å²) in [6.45, 7) is 4.75. The summed E-state index contributed by atoms with van der Waals surface area (Å²) in [6.07, 6.45) is 2.38. The lowest BCUT2D eigenvalue weighted by Crippen LogP contribution is -2.43. The van der Waals surface area contributed by atoms with E-state index in [1.807, 2.05) is 7.05 Å². The SMILES string of the molecule is CN=C(NCC(c1ccccc1)c1ccccc1)N1CCC2(CCOC2)C1.I. The maximum Gasteiger partial charge on any atom is 0.193 e. The molecule has 2 aromatic rings. The highest BCUT2D eigenvalue weighted by atomic mass is 127. The van der Waals surface area contributed by atoms with Gasteiger partial charge in [0.1, 0.15) is 0 Å². The lowest BCUT2D eigenvalue weighted by molar-refractivity contribution is 0.156. The predicted octanol–water partition coefficient (Wildman–Crippen LogP) is 4.12. The number of hydrogen-bond acceptors (Lipinski definition) is 2. The zero-order chi connectivity index (χ0) is 18.5. The van der Waals surface area contributed by atoms with Crippen molar-refractivity contribution in [3.8, 4) is 0 Å². The topological polar surface area (TPSA) is 36.9 Å². The number of nitrogens with one attached hydrogen (secondary N) is 1. The quantitative estimate of drug-likeness (QED) is 0.397. The highest BCUT2D eigenvalue weighted by molar-refractivity contribution is 14.0. The van der Waals surface area contributed by atoms with E-state index in [-0.39, 0.29) is 24.0 Å². The molecule has 2 fully saturated rings. The fraction of sp³-hybridized carbons (Fsp3) is 0.435. The highest BCUT2D eigenvalue weighted by Crippen LogP contribution is 2.38. The van der Waals surface area contributed by atoms with Crippen molar-refractivity contribution in [1.29, 1.82) is 0 Å². The fourth-order valence-corrected chi connectivity index (χ4v) is 4.41. The van der Waals surface area contributed by atoms with Gasteiger partial charge in [-0.05, 0) is 24.0 Å². The highest BCUT2D eigenvalue weighted by Gasteiger charge is 2.42. The van der Waals surface area contributed by atoms with E-state index in [1.165, 1.54) is 24.0 Å². The third-order valence-corrected chi connectivity index (χ3v) is 6.00. The van der Waals surface area contributed by atoms with Crippen LogP contribution in [-0.4, -0.2) is 50.8 Å². The molecule has 150 valence electrons. The molecule has 2 aliphatic heterocycles. The molecule has 0 radical (unpaired) electrons. The molecule has 1 atom stereocenters. The largest absolute Gasteiger partial charge is 0.381 e. The van der Waals surface area contributed by atoms with E-state index in [0.29, 0.717) is 11.3 Å². The normalized spacial score (nSPS) is 21.9. The summed E-state index contributed by atoms with van der Waals surface area (Å²) in [5.74, 6) is 1.31. The Bertz CT molecular complexity index is 720. The molecule has 2 aliphatic rings. The lowest BCUT2D eigenvalue weighted by Gasteiger charge is -2.27. The first-order valence-electron chi connectivity index (χ1n) is 9.93. The maximum absolute atomic E-state index is 5.67. The van der Waals surface area contributed by atoms with E-state index in [1.54, 1.807) is 0 Å². The van der Waals surface area contributed by atoms with Crippen molar-refractivity contribution in [2.24, 2.45) is 10.4 Å². The first kappa shape index (κ1) is 21.1. The number of ether oxygens (including phenoxy) is 1. The Morgan fingerprint density at radius 3 is 2.25 bits per heavy atom. The van der Waals surface area contributed by atoms with Crippen molar-refractivity contribution < 1.29 is 4.74 Å². The number of likely N-dealkylation sites (tertiary alicyclic amines) is 1. The first-order valence-corrected chi connectivity index (χ1v) is 9.93. The van der Waals surface area contributed by atoms with E-state index in [9.17, 15) is 0 Å². The third kappa shape index (κ3) is 4.69. The molecule has 0 aliphatic carbocycles. The minimum atomic E-state index is 0. The Hall–Kier alpha value is -1.60. The minimum absolute atomic E-state index is 0. The fourth-order valence-electron chi connectivity index (χ4n) is 4.41. The summed E-state index contributed by atoms with van der Waals surface area (Å²) in [6, 6.07) is 21.5. The average molecular weight is 491 g/mol. The minimum Gasteiger partial charge on any atom is -0.381 e. The number of rotatable bonds is 4. The van der Waals surface area contributed by atoms with Crippen molar-refractivity contribution >= 4 is 29.9 Å². The Kier molecular flexibility index (Phi) is 7.35. The van der Waals surface area contributed by atoms with Gasteiger partial charge in [-0.2, -0.15) is 0 Å². The van der Waals surface area contributed by atoms with Crippen LogP contribution < -0.4 is 5.32 Å². The van der Waals surface area contributed by atoms with E-state index in [4.69, 9.17) is 4.74 Å². The van der Waals surface area contributed by atoms with Crippen molar-refractivity contribution in [1.82, 2.24) is 10.2 Å². The molecule has 4 nitrogen and oxygen atoms in total. The predicted molar refractivity (Wildman–Crippen MR) is 126 cm³/mol. The summed E-state index contributed by atoms with van der Waals surface area (Å²) < 4.78 is 5.67. The molecule has 28 heavy (non-hydrogen) atoms. The zero-order valence-corrected chi connectivity index (χ0v) is 18.8. The number of hydrogen-bond donors (Lipinski definition) is 1. The molecule has 0 aromatic heterocycles. The summed E-state index contributed by atoms with van der Waals surface area (Å²) in [7, 11) is 1.89. The van der Waals surface area contributed by atoms with E-state index < -0.39 is 0 Å². The van der Waals surface area contributed by atoms with E-state index in [2.05, 4.69) is 75.9 Å². The molecule has 4 rings (SSSR count). The number of halogens is 1. The van der Waals surface area contributed by atoms with Crippen LogP contribution in [0.5, 0.6) is 0 Å². The average Bonchev–Trinajstić information content (AvgIpc) is 3.37. The van der Waals surface area contributed by atoms with Gasteiger partial charge in [0.25, 0.3) is 0 Å². The summed E-state index contributed by atoms with van der Waals surface area (Å²) >= 11 is 0.